The average Bonchev–Trinajstić information content (AvgIpc) is 3.21. The second-order valence-corrected chi connectivity index (χ2v) is 10.7. The van der Waals surface area contributed by atoms with Crippen LogP contribution in [0.1, 0.15) is 29.0 Å². The van der Waals surface area contributed by atoms with Crippen LogP contribution in [0.15, 0.2) is 29.2 Å². The first-order valence-electron chi connectivity index (χ1n) is 9.98. The monoisotopic (exact) mass is 530 g/mol. The zero-order valence-electron chi connectivity index (χ0n) is 18.7. The molecule has 2 aliphatic heterocycles. The summed E-state index contributed by atoms with van der Waals surface area (Å²) >= 11 is 0. The second-order valence-electron chi connectivity index (χ2n) is 8.09. The van der Waals surface area contributed by atoms with Gasteiger partial charge in [0.1, 0.15) is 24.1 Å². The van der Waals surface area contributed by atoms with Crippen molar-refractivity contribution >= 4 is 32.4 Å². The van der Waals surface area contributed by atoms with Crippen molar-refractivity contribution in [1.29, 1.82) is 0 Å². The Morgan fingerprint density at radius 2 is 1.86 bits per heavy atom. The predicted octanol–water partition coefficient (Wildman–Crippen LogP) is -0.697. The Labute approximate surface area is 200 Å². The summed E-state index contributed by atoms with van der Waals surface area (Å²) in [5.74, 6) is -0.176. The molecule has 0 saturated carbocycles. The Morgan fingerprint density at radius 3 is 2.40 bits per heavy atom. The van der Waals surface area contributed by atoms with Crippen molar-refractivity contribution in [3.05, 3.63) is 41.2 Å². The summed E-state index contributed by atoms with van der Waals surface area (Å²) in [6, 6.07) is 2.25. The van der Waals surface area contributed by atoms with Crippen LogP contribution < -0.4 is 9.88 Å². The number of sulfonamides is 1. The molecular weight excluding hydrogens is 508 g/mol. The molecular formula is C18H22N6O9S2. The van der Waals surface area contributed by atoms with Gasteiger partial charge in [0.2, 0.25) is 10.0 Å². The van der Waals surface area contributed by atoms with E-state index < -0.39 is 44.4 Å². The molecule has 3 heterocycles. The third-order valence-corrected chi connectivity index (χ3v) is 6.85. The van der Waals surface area contributed by atoms with Gasteiger partial charge in [-0.05, 0) is 24.3 Å². The number of hydrogen-bond donors (Lipinski definition) is 2. The Balaban J connectivity index is 1.73. The number of carbonyl (C=O) groups excluding carboxylic acids is 2. The molecule has 2 unspecified atom stereocenters. The number of fused-ring (bicyclic) bond motifs is 4. The van der Waals surface area contributed by atoms with E-state index in [1.807, 2.05) is 0 Å². The van der Waals surface area contributed by atoms with Crippen LogP contribution in [-0.4, -0.2) is 78.6 Å². The summed E-state index contributed by atoms with van der Waals surface area (Å²) < 4.78 is 66.5. The molecule has 190 valence electrons. The molecule has 1 aromatic carbocycles. The van der Waals surface area contributed by atoms with E-state index in [0.717, 1.165) is 4.90 Å². The number of aromatic nitrogens is 2. The second kappa shape index (κ2) is 8.45. The zero-order chi connectivity index (χ0) is 25.9. The molecule has 15 nitrogen and oxygen atoms in total. The summed E-state index contributed by atoms with van der Waals surface area (Å²) in [5, 5.41) is 9.98. The molecule has 1 fully saturated rings. The SMILES string of the molecule is CN(C)C(=O)C1c2c(c(COc3ccc(S(N)(=O)=O)cc3)nn2C)C2CN1C(=O)N2OS(=O)(=O)O. The predicted molar refractivity (Wildman–Crippen MR) is 116 cm³/mol. The van der Waals surface area contributed by atoms with E-state index in [9.17, 15) is 31.0 Å². The lowest BCUT2D eigenvalue weighted by Gasteiger charge is -2.32. The van der Waals surface area contributed by atoms with Gasteiger partial charge in [-0.3, -0.25) is 14.0 Å². The molecule has 4 rings (SSSR count). The number of urea groups is 1. The number of amides is 3. The number of primary sulfonamides is 1. The molecule has 2 aromatic rings. The largest absolute Gasteiger partial charge is 0.487 e. The Morgan fingerprint density at radius 1 is 1.23 bits per heavy atom. The van der Waals surface area contributed by atoms with Crippen molar-refractivity contribution in [2.45, 2.75) is 23.6 Å². The molecule has 17 heteroatoms. The van der Waals surface area contributed by atoms with Crippen molar-refractivity contribution in [3.8, 4) is 5.75 Å². The number of rotatable bonds is 7. The van der Waals surface area contributed by atoms with E-state index in [-0.39, 0.29) is 29.5 Å². The smallest absolute Gasteiger partial charge is 0.418 e. The zero-order valence-corrected chi connectivity index (χ0v) is 20.4. The highest BCUT2D eigenvalue weighted by Crippen LogP contribution is 2.46. The number of ether oxygens (including phenoxy) is 1. The van der Waals surface area contributed by atoms with Crippen LogP contribution in [0, 0.1) is 0 Å². The lowest BCUT2D eigenvalue weighted by atomic mass is 9.94. The molecule has 1 aromatic heterocycles. The van der Waals surface area contributed by atoms with Gasteiger partial charge in [0.05, 0.1) is 17.1 Å². The van der Waals surface area contributed by atoms with Crippen molar-refractivity contribution < 1.29 is 40.0 Å². The normalized spacial score (nSPS) is 19.6. The van der Waals surface area contributed by atoms with E-state index >= 15 is 0 Å². The van der Waals surface area contributed by atoms with E-state index in [1.165, 1.54) is 47.9 Å². The van der Waals surface area contributed by atoms with E-state index in [0.29, 0.717) is 16.3 Å². The number of nitrogens with two attached hydrogens (primary N) is 1. The number of benzene rings is 1. The molecule has 2 atom stereocenters. The molecule has 3 amide bonds. The number of aryl methyl sites for hydroxylation is 1. The molecule has 0 radical (unpaired) electrons. The fourth-order valence-corrected chi connectivity index (χ4v) is 5.02. The van der Waals surface area contributed by atoms with Crippen LogP contribution in [0.5, 0.6) is 5.75 Å². The van der Waals surface area contributed by atoms with Crippen LogP contribution in [-0.2, 0) is 43.2 Å². The summed E-state index contributed by atoms with van der Waals surface area (Å²) in [5.41, 5.74) is 0.940. The maximum absolute atomic E-state index is 13.0. The molecule has 0 aliphatic carbocycles. The molecule has 0 spiro atoms. The molecule has 2 aliphatic rings. The number of nitrogens with zero attached hydrogens (tertiary/aromatic N) is 5. The van der Waals surface area contributed by atoms with Gasteiger partial charge in [0, 0.05) is 26.7 Å². The molecule has 1 saturated heterocycles. The quantitative estimate of drug-likeness (QED) is 0.432. The first-order valence-corrected chi connectivity index (χ1v) is 12.9. The van der Waals surface area contributed by atoms with Crippen LogP contribution >= 0.6 is 0 Å². The maximum atomic E-state index is 13.0. The minimum atomic E-state index is -5.05. The highest BCUT2D eigenvalue weighted by molar-refractivity contribution is 7.89. The maximum Gasteiger partial charge on any atom is 0.418 e. The first kappa shape index (κ1) is 24.9. The Hall–Kier alpha value is -3.25. The summed E-state index contributed by atoms with van der Waals surface area (Å²) in [6.07, 6.45) is 0. The minimum absolute atomic E-state index is 0.104. The Kier molecular flexibility index (Phi) is 6.00. The number of likely N-dealkylation sites (N-methyl/N-ethyl adjacent to an activating group) is 1. The highest BCUT2D eigenvalue weighted by Gasteiger charge is 2.55. The van der Waals surface area contributed by atoms with Crippen molar-refractivity contribution in [2.75, 3.05) is 20.6 Å². The van der Waals surface area contributed by atoms with Crippen LogP contribution in [0.4, 0.5) is 4.79 Å². The molecule has 2 bridgehead atoms. The van der Waals surface area contributed by atoms with Gasteiger partial charge in [-0.25, -0.2) is 18.4 Å². The fourth-order valence-electron chi connectivity index (χ4n) is 4.13. The van der Waals surface area contributed by atoms with Gasteiger partial charge in [-0.2, -0.15) is 18.6 Å². The van der Waals surface area contributed by atoms with E-state index in [4.69, 9.17) is 9.88 Å². The number of hydroxylamine groups is 2. The minimum Gasteiger partial charge on any atom is -0.487 e. The number of carbonyl (C=O) groups is 2. The molecule has 35 heavy (non-hydrogen) atoms. The van der Waals surface area contributed by atoms with Crippen LogP contribution in [0.25, 0.3) is 0 Å². The third-order valence-electron chi connectivity index (χ3n) is 5.57. The lowest BCUT2D eigenvalue weighted by Crippen LogP contribution is -2.44. The van der Waals surface area contributed by atoms with Crippen LogP contribution in [0.2, 0.25) is 0 Å². The van der Waals surface area contributed by atoms with Gasteiger partial charge in [0.15, 0.2) is 6.04 Å². The standard InChI is InChI=1S/C18H22N6O9S2/c1-21(2)17(25)16-15-14(13-8-23(16)18(26)24(13)33-35(29,30)31)12(20-22(15)3)9-32-10-4-6-11(7-5-10)34(19,27)28/h4-7,13,16H,8-9H2,1-3H3,(H2,19,27,28)(H,29,30,31). The van der Waals surface area contributed by atoms with Crippen LogP contribution in [0.3, 0.4) is 0 Å². The van der Waals surface area contributed by atoms with Crippen molar-refractivity contribution in [1.82, 2.24) is 24.6 Å². The van der Waals surface area contributed by atoms with Gasteiger partial charge >= 0.3 is 16.4 Å². The fraction of sp³-hybridized carbons (Fsp3) is 0.389. The highest BCUT2D eigenvalue weighted by atomic mass is 32.3. The summed E-state index contributed by atoms with van der Waals surface area (Å²) in [4.78, 5) is 28.3. The summed E-state index contributed by atoms with van der Waals surface area (Å²) in [6.45, 7) is -0.279. The summed E-state index contributed by atoms with van der Waals surface area (Å²) in [7, 11) is -4.36. The van der Waals surface area contributed by atoms with Gasteiger partial charge in [-0.15, -0.1) is 4.28 Å². The van der Waals surface area contributed by atoms with Gasteiger partial charge in [-0.1, -0.05) is 0 Å². The third kappa shape index (κ3) is 4.55. The Bertz CT molecular complexity index is 1400. The van der Waals surface area contributed by atoms with E-state index in [2.05, 4.69) is 9.38 Å². The van der Waals surface area contributed by atoms with Crippen molar-refractivity contribution in [3.63, 3.8) is 0 Å². The van der Waals surface area contributed by atoms with Crippen molar-refractivity contribution in [2.24, 2.45) is 12.2 Å². The first-order chi connectivity index (χ1) is 16.2. The lowest BCUT2D eigenvalue weighted by molar-refractivity contribution is -0.134. The molecule has 3 N–H and O–H groups in total. The topological polar surface area (TPSA) is 195 Å². The van der Waals surface area contributed by atoms with Gasteiger partial charge in [0.25, 0.3) is 5.91 Å². The van der Waals surface area contributed by atoms with Gasteiger partial charge < -0.3 is 14.5 Å². The van der Waals surface area contributed by atoms with E-state index in [1.54, 1.807) is 7.05 Å². The number of hydrogen-bond acceptors (Lipinski definition) is 9. The average molecular weight is 531 g/mol.